The Kier molecular flexibility index (Phi) is 5.52. The third-order valence-corrected chi connectivity index (χ3v) is 3.63. The number of carbonyl (C=O) groups is 1. The fourth-order valence-corrected chi connectivity index (χ4v) is 2.49. The molecule has 0 unspecified atom stereocenters. The van der Waals surface area contributed by atoms with Crippen molar-refractivity contribution in [2.24, 2.45) is 0 Å². The molecule has 0 aromatic heterocycles. The van der Waals surface area contributed by atoms with Crippen molar-refractivity contribution in [3.05, 3.63) is 35.9 Å². The van der Waals surface area contributed by atoms with Crippen LogP contribution in [0.5, 0.6) is 0 Å². The van der Waals surface area contributed by atoms with Gasteiger partial charge in [-0.05, 0) is 25.5 Å². The highest BCUT2D eigenvalue weighted by Crippen LogP contribution is 2.17. The Morgan fingerprint density at radius 1 is 1.35 bits per heavy atom. The van der Waals surface area contributed by atoms with E-state index in [1.165, 1.54) is 7.11 Å². The van der Waals surface area contributed by atoms with Crippen LogP contribution in [0.4, 0.5) is 0 Å². The van der Waals surface area contributed by atoms with Crippen molar-refractivity contribution in [3.8, 4) is 0 Å². The number of rotatable bonds is 5. The van der Waals surface area contributed by atoms with Gasteiger partial charge < -0.3 is 4.74 Å². The van der Waals surface area contributed by atoms with Crippen LogP contribution in [0.25, 0.3) is 0 Å². The highest BCUT2D eigenvalue weighted by Gasteiger charge is 2.31. The van der Waals surface area contributed by atoms with Crippen LogP contribution in [0.1, 0.15) is 18.4 Å². The van der Waals surface area contributed by atoms with Crippen molar-refractivity contribution in [2.45, 2.75) is 31.5 Å². The van der Waals surface area contributed by atoms with Crippen LogP contribution < -0.4 is 5.48 Å². The maximum absolute atomic E-state index is 11.6. The molecule has 110 valence electrons. The van der Waals surface area contributed by atoms with Crippen molar-refractivity contribution in [1.82, 2.24) is 10.4 Å². The molecule has 0 bridgehead atoms. The number of likely N-dealkylation sites (tertiary alicyclic amines) is 1. The van der Waals surface area contributed by atoms with Crippen molar-refractivity contribution < 1.29 is 14.4 Å². The summed E-state index contributed by atoms with van der Waals surface area (Å²) in [5.74, 6) is -0.156. The van der Waals surface area contributed by atoms with Gasteiger partial charge in [-0.1, -0.05) is 30.3 Å². The van der Waals surface area contributed by atoms with Crippen LogP contribution in [-0.4, -0.2) is 43.7 Å². The SMILES string of the molecule is COC(=O)[C@@H]1CC[C@H](NOCc2ccccc2)CN1C. The Morgan fingerprint density at radius 3 is 2.75 bits per heavy atom. The molecule has 5 nitrogen and oxygen atoms in total. The Balaban J connectivity index is 1.72. The molecule has 0 radical (unpaired) electrons. The summed E-state index contributed by atoms with van der Waals surface area (Å²) < 4.78 is 4.80. The highest BCUT2D eigenvalue weighted by molar-refractivity contribution is 5.75. The standard InChI is InChI=1S/C15H22N2O3/c1-17-10-13(8-9-14(17)15(18)19-2)16-20-11-12-6-4-3-5-7-12/h3-7,13-14,16H,8-11H2,1-2H3/t13-,14-/m0/s1. The van der Waals surface area contributed by atoms with Crippen molar-refractivity contribution >= 4 is 5.97 Å². The van der Waals surface area contributed by atoms with E-state index in [0.29, 0.717) is 6.61 Å². The lowest BCUT2D eigenvalue weighted by atomic mass is 9.99. The molecule has 0 amide bonds. The molecule has 0 aliphatic carbocycles. The number of benzene rings is 1. The molecule has 20 heavy (non-hydrogen) atoms. The van der Waals surface area contributed by atoms with Gasteiger partial charge in [-0.15, -0.1) is 0 Å². The van der Waals surface area contributed by atoms with Crippen molar-refractivity contribution in [2.75, 3.05) is 20.7 Å². The van der Waals surface area contributed by atoms with Gasteiger partial charge >= 0.3 is 5.97 Å². The largest absolute Gasteiger partial charge is 0.468 e. The topological polar surface area (TPSA) is 50.8 Å². The zero-order valence-electron chi connectivity index (χ0n) is 12.0. The van der Waals surface area contributed by atoms with E-state index in [4.69, 9.17) is 9.57 Å². The lowest BCUT2D eigenvalue weighted by Crippen LogP contribution is -2.51. The monoisotopic (exact) mass is 278 g/mol. The van der Waals surface area contributed by atoms with Crippen LogP contribution >= 0.6 is 0 Å². The first-order valence-electron chi connectivity index (χ1n) is 6.90. The number of carbonyl (C=O) groups excluding carboxylic acids is 1. The number of nitrogens with one attached hydrogen (secondary N) is 1. The average molecular weight is 278 g/mol. The van der Waals surface area contributed by atoms with E-state index < -0.39 is 0 Å². The van der Waals surface area contributed by atoms with E-state index >= 15 is 0 Å². The summed E-state index contributed by atoms with van der Waals surface area (Å²) in [4.78, 5) is 19.1. The predicted octanol–water partition coefficient (Wildman–Crippen LogP) is 1.34. The predicted molar refractivity (Wildman–Crippen MR) is 75.8 cm³/mol. The minimum Gasteiger partial charge on any atom is -0.468 e. The first-order valence-corrected chi connectivity index (χ1v) is 6.90. The average Bonchev–Trinajstić information content (AvgIpc) is 2.48. The van der Waals surface area contributed by atoms with Crippen LogP contribution in [-0.2, 0) is 21.0 Å². The Hall–Kier alpha value is -1.43. The first kappa shape index (κ1) is 15.0. The van der Waals surface area contributed by atoms with E-state index in [2.05, 4.69) is 5.48 Å². The number of piperidine rings is 1. The lowest BCUT2D eigenvalue weighted by Gasteiger charge is -2.35. The molecule has 1 heterocycles. The second kappa shape index (κ2) is 7.38. The summed E-state index contributed by atoms with van der Waals surface area (Å²) in [6, 6.07) is 10.1. The fourth-order valence-electron chi connectivity index (χ4n) is 2.49. The van der Waals surface area contributed by atoms with E-state index in [-0.39, 0.29) is 18.1 Å². The molecule has 2 atom stereocenters. The zero-order valence-corrected chi connectivity index (χ0v) is 12.0. The Labute approximate surface area is 119 Å². The molecule has 1 aromatic rings. The molecular formula is C15H22N2O3. The number of ether oxygens (including phenoxy) is 1. The molecule has 1 fully saturated rings. The van der Waals surface area contributed by atoms with E-state index in [9.17, 15) is 4.79 Å². The second-order valence-corrected chi connectivity index (χ2v) is 5.14. The number of hydroxylamine groups is 1. The van der Waals surface area contributed by atoms with Gasteiger partial charge in [0.1, 0.15) is 6.04 Å². The molecular weight excluding hydrogens is 256 g/mol. The summed E-state index contributed by atoms with van der Waals surface area (Å²) in [6.07, 6.45) is 1.69. The number of likely N-dealkylation sites (N-methyl/N-ethyl adjacent to an activating group) is 1. The van der Waals surface area contributed by atoms with E-state index in [1.54, 1.807) is 0 Å². The van der Waals surface area contributed by atoms with Gasteiger partial charge in [0, 0.05) is 12.6 Å². The molecule has 2 rings (SSSR count). The smallest absolute Gasteiger partial charge is 0.323 e. The minimum atomic E-state index is -0.156. The van der Waals surface area contributed by atoms with Crippen LogP contribution in [0.15, 0.2) is 30.3 Å². The number of hydrogen-bond acceptors (Lipinski definition) is 5. The maximum atomic E-state index is 11.6. The zero-order chi connectivity index (χ0) is 14.4. The van der Waals surface area contributed by atoms with Crippen LogP contribution in [0.2, 0.25) is 0 Å². The second-order valence-electron chi connectivity index (χ2n) is 5.14. The molecule has 1 aliphatic heterocycles. The van der Waals surface area contributed by atoms with E-state index in [0.717, 1.165) is 24.9 Å². The molecule has 1 saturated heterocycles. The Bertz CT molecular complexity index is 424. The number of nitrogens with zero attached hydrogens (tertiary/aromatic N) is 1. The number of esters is 1. The third kappa shape index (κ3) is 4.03. The van der Waals surface area contributed by atoms with Crippen molar-refractivity contribution in [3.63, 3.8) is 0 Å². The van der Waals surface area contributed by atoms with Gasteiger partial charge in [-0.25, -0.2) is 0 Å². The maximum Gasteiger partial charge on any atom is 0.323 e. The van der Waals surface area contributed by atoms with Crippen LogP contribution in [0.3, 0.4) is 0 Å². The minimum absolute atomic E-state index is 0.132. The van der Waals surface area contributed by atoms with Gasteiger partial charge in [0.2, 0.25) is 0 Å². The van der Waals surface area contributed by atoms with Gasteiger partial charge in [0.25, 0.3) is 0 Å². The molecule has 1 aromatic carbocycles. The summed E-state index contributed by atoms with van der Waals surface area (Å²) in [5.41, 5.74) is 4.22. The Morgan fingerprint density at radius 2 is 2.10 bits per heavy atom. The van der Waals surface area contributed by atoms with Gasteiger partial charge in [-0.3, -0.25) is 14.5 Å². The normalized spacial score (nSPS) is 23.5. The van der Waals surface area contributed by atoms with Gasteiger partial charge in [0.05, 0.1) is 13.7 Å². The van der Waals surface area contributed by atoms with Crippen molar-refractivity contribution in [1.29, 1.82) is 0 Å². The quantitative estimate of drug-likeness (QED) is 0.651. The summed E-state index contributed by atoms with van der Waals surface area (Å²) in [7, 11) is 3.37. The molecule has 1 aliphatic rings. The van der Waals surface area contributed by atoms with Gasteiger partial charge in [-0.2, -0.15) is 5.48 Å². The summed E-state index contributed by atoms with van der Waals surface area (Å²) in [6.45, 7) is 1.32. The first-order chi connectivity index (χ1) is 9.70. The van der Waals surface area contributed by atoms with Gasteiger partial charge in [0.15, 0.2) is 0 Å². The van der Waals surface area contributed by atoms with Crippen LogP contribution in [0, 0.1) is 0 Å². The molecule has 0 saturated carbocycles. The lowest BCUT2D eigenvalue weighted by molar-refractivity contribution is -0.148. The molecule has 1 N–H and O–H groups in total. The third-order valence-electron chi connectivity index (χ3n) is 3.63. The van der Waals surface area contributed by atoms with E-state index in [1.807, 2.05) is 42.3 Å². The number of hydrogen-bond donors (Lipinski definition) is 1. The summed E-state index contributed by atoms with van der Waals surface area (Å²) >= 11 is 0. The number of methoxy groups -OCH3 is 1. The summed E-state index contributed by atoms with van der Waals surface area (Å²) in [5, 5.41) is 0. The highest BCUT2D eigenvalue weighted by atomic mass is 16.6. The molecule has 0 spiro atoms. The fraction of sp³-hybridized carbons (Fsp3) is 0.533. The molecule has 5 heteroatoms.